The lowest BCUT2D eigenvalue weighted by atomic mass is 9.80. The molecule has 37 heavy (non-hydrogen) atoms. The normalized spacial score (nSPS) is 17.9. The third-order valence-corrected chi connectivity index (χ3v) is 5.86. The lowest BCUT2D eigenvalue weighted by Crippen LogP contribution is -2.26. The van der Waals surface area contributed by atoms with Crippen LogP contribution in [0.15, 0.2) is 63.9 Å². The standard InChI is InChI=1S/C27H24O10/c1-11(28)14-7-16(23(31)18(9-14)35-4)21-20(13(3)30)25(33)22(26(34)27(21)37-6)17-8-15(12(2)29)10-19(36-5)24(17)32/h7-10,31,33H,1-6H3/b22-17-. The second-order valence-electron chi connectivity index (χ2n) is 8.13. The zero-order chi connectivity index (χ0) is 27.8. The molecule has 0 unspecified atom stereocenters. The summed E-state index contributed by atoms with van der Waals surface area (Å²) in [6.07, 6.45) is 2.31. The number of ether oxygens (including phenoxy) is 3. The van der Waals surface area contributed by atoms with E-state index < -0.39 is 62.9 Å². The quantitative estimate of drug-likeness (QED) is 0.415. The van der Waals surface area contributed by atoms with Crippen LogP contribution in [0.2, 0.25) is 0 Å². The van der Waals surface area contributed by atoms with Gasteiger partial charge < -0.3 is 24.4 Å². The molecule has 0 aliphatic heterocycles. The van der Waals surface area contributed by atoms with Crippen LogP contribution in [0.3, 0.4) is 0 Å². The summed E-state index contributed by atoms with van der Waals surface area (Å²) in [5.74, 6) is -5.71. The summed E-state index contributed by atoms with van der Waals surface area (Å²) in [5.41, 5.74) is -1.83. The molecular formula is C27H24O10. The summed E-state index contributed by atoms with van der Waals surface area (Å²) in [7, 11) is 3.57. The Labute approximate surface area is 211 Å². The van der Waals surface area contributed by atoms with Crippen molar-refractivity contribution < 1.29 is 48.4 Å². The van der Waals surface area contributed by atoms with E-state index >= 15 is 0 Å². The van der Waals surface area contributed by atoms with Gasteiger partial charge in [-0.05, 0) is 45.1 Å². The molecule has 1 aromatic rings. The predicted molar refractivity (Wildman–Crippen MR) is 130 cm³/mol. The van der Waals surface area contributed by atoms with Crippen LogP contribution in [0, 0.1) is 0 Å². The Morgan fingerprint density at radius 3 is 1.89 bits per heavy atom. The van der Waals surface area contributed by atoms with Gasteiger partial charge in [0.05, 0.1) is 32.5 Å². The largest absolute Gasteiger partial charge is 0.506 e. The number of methoxy groups -OCH3 is 3. The first-order valence-electron chi connectivity index (χ1n) is 10.9. The fraction of sp³-hybridized carbons (Fsp3) is 0.222. The molecule has 0 bridgehead atoms. The number of aliphatic hydroxyl groups is 1. The van der Waals surface area contributed by atoms with Gasteiger partial charge in [0.15, 0.2) is 40.4 Å². The number of ketones is 5. The molecule has 0 fully saturated rings. The molecule has 0 amide bonds. The molecule has 10 heteroatoms. The molecule has 0 heterocycles. The molecule has 2 N–H and O–H groups in total. The van der Waals surface area contributed by atoms with Gasteiger partial charge in [-0.2, -0.15) is 0 Å². The number of benzene rings is 1. The number of Topliss-reactive ketones (excluding diaryl/α,β-unsaturated/α-hetero) is 5. The zero-order valence-corrected chi connectivity index (χ0v) is 21.0. The first kappa shape index (κ1) is 26.9. The molecular weight excluding hydrogens is 484 g/mol. The number of hydrogen-bond donors (Lipinski definition) is 2. The van der Waals surface area contributed by atoms with Crippen LogP contribution in [0.1, 0.15) is 36.7 Å². The molecule has 0 radical (unpaired) electrons. The van der Waals surface area contributed by atoms with Crippen LogP contribution >= 0.6 is 0 Å². The summed E-state index contributed by atoms with van der Waals surface area (Å²) >= 11 is 0. The molecule has 10 nitrogen and oxygen atoms in total. The maximum atomic E-state index is 13.7. The van der Waals surface area contributed by atoms with Gasteiger partial charge >= 0.3 is 0 Å². The van der Waals surface area contributed by atoms with Gasteiger partial charge in [0.25, 0.3) is 0 Å². The van der Waals surface area contributed by atoms with E-state index in [1.54, 1.807) is 0 Å². The average Bonchev–Trinajstić information content (AvgIpc) is 2.84. The number of hydrogen-bond acceptors (Lipinski definition) is 10. The predicted octanol–water partition coefficient (Wildman–Crippen LogP) is 2.87. The van der Waals surface area contributed by atoms with E-state index in [1.807, 2.05) is 0 Å². The molecule has 0 saturated heterocycles. The highest BCUT2D eigenvalue weighted by atomic mass is 16.5. The highest BCUT2D eigenvalue weighted by molar-refractivity contribution is 6.29. The minimum atomic E-state index is -1.01. The van der Waals surface area contributed by atoms with E-state index in [2.05, 4.69) is 0 Å². The molecule has 0 aromatic heterocycles. The Hall–Kier alpha value is -4.73. The fourth-order valence-electron chi connectivity index (χ4n) is 4.04. The van der Waals surface area contributed by atoms with Crippen LogP contribution in [0.4, 0.5) is 0 Å². The Balaban J connectivity index is 2.48. The Kier molecular flexibility index (Phi) is 7.33. The molecule has 0 spiro atoms. The summed E-state index contributed by atoms with van der Waals surface area (Å²) in [6, 6.07) is 2.50. The van der Waals surface area contributed by atoms with Crippen molar-refractivity contribution in [1.29, 1.82) is 0 Å². The van der Waals surface area contributed by atoms with Crippen LogP contribution in [-0.2, 0) is 28.7 Å². The summed E-state index contributed by atoms with van der Waals surface area (Å²) in [4.78, 5) is 63.7. The molecule has 2 aliphatic carbocycles. The van der Waals surface area contributed by atoms with Gasteiger partial charge in [-0.1, -0.05) is 0 Å². The lowest BCUT2D eigenvalue weighted by molar-refractivity contribution is -0.117. The summed E-state index contributed by atoms with van der Waals surface area (Å²) in [6.45, 7) is 3.60. The lowest BCUT2D eigenvalue weighted by Gasteiger charge is -2.26. The second-order valence-corrected chi connectivity index (χ2v) is 8.13. The van der Waals surface area contributed by atoms with Crippen molar-refractivity contribution in [3.63, 3.8) is 0 Å². The van der Waals surface area contributed by atoms with E-state index in [0.717, 1.165) is 20.1 Å². The van der Waals surface area contributed by atoms with Gasteiger partial charge in [0, 0.05) is 27.8 Å². The smallest absolute Gasteiger partial charge is 0.232 e. The molecule has 2 aliphatic rings. The molecule has 3 rings (SSSR count). The highest BCUT2D eigenvalue weighted by Gasteiger charge is 2.41. The summed E-state index contributed by atoms with van der Waals surface area (Å²) < 4.78 is 15.5. The third-order valence-electron chi connectivity index (χ3n) is 5.86. The second kappa shape index (κ2) is 10.1. The number of allylic oxidation sites excluding steroid dienone is 8. The SMILES string of the molecule is COC1=CC(C(C)=O)=C/C(=C2/C(=O)C(OC)=C(c3cc(C(C)=O)cc(OC)c3O)C(C(C)=O)=C2O)C1=O. The number of aliphatic hydroxyl groups excluding tert-OH is 1. The number of carbonyl (C=O) groups is 5. The Morgan fingerprint density at radius 1 is 0.757 bits per heavy atom. The highest BCUT2D eigenvalue weighted by Crippen LogP contribution is 2.45. The van der Waals surface area contributed by atoms with Crippen LogP contribution in [0.5, 0.6) is 11.5 Å². The van der Waals surface area contributed by atoms with Crippen molar-refractivity contribution in [2.24, 2.45) is 0 Å². The molecule has 192 valence electrons. The van der Waals surface area contributed by atoms with Crippen molar-refractivity contribution in [2.45, 2.75) is 20.8 Å². The number of phenols is 1. The van der Waals surface area contributed by atoms with Gasteiger partial charge in [0.2, 0.25) is 11.6 Å². The van der Waals surface area contributed by atoms with E-state index in [1.165, 1.54) is 46.3 Å². The Bertz CT molecular complexity index is 1440. The van der Waals surface area contributed by atoms with Crippen LogP contribution in [-0.4, -0.2) is 60.5 Å². The van der Waals surface area contributed by atoms with Crippen molar-refractivity contribution in [2.75, 3.05) is 21.3 Å². The first-order valence-corrected chi connectivity index (χ1v) is 10.9. The third kappa shape index (κ3) is 4.49. The molecule has 0 atom stereocenters. The van der Waals surface area contributed by atoms with Crippen molar-refractivity contribution in [1.82, 2.24) is 0 Å². The van der Waals surface area contributed by atoms with E-state index in [9.17, 15) is 34.2 Å². The first-order chi connectivity index (χ1) is 17.4. The number of aromatic hydroxyl groups is 1. The van der Waals surface area contributed by atoms with Gasteiger partial charge in [-0.3, -0.25) is 24.0 Å². The monoisotopic (exact) mass is 508 g/mol. The molecule has 1 aromatic carbocycles. The zero-order valence-electron chi connectivity index (χ0n) is 21.0. The van der Waals surface area contributed by atoms with Gasteiger partial charge in [0.1, 0.15) is 5.76 Å². The van der Waals surface area contributed by atoms with Crippen molar-refractivity contribution in [3.8, 4) is 11.5 Å². The maximum Gasteiger partial charge on any atom is 0.232 e. The van der Waals surface area contributed by atoms with Gasteiger partial charge in [-0.15, -0.1) is 0 Å². The molecule has 0 saturated carbocycles. The summed E-state index contributed by atoms with van der Waals surface area (Å²) in [5, 5.41) is 22.1. The van der Waals surface area contributed by atoms with E-state index in [-0.39, 0.29) is 33.8 Å². The van der Waals surface area contributed by atoms with Crippen LogP contribution in [0.25, 0.3) is 5.57 Å². The van der Waals surface area contributed by atoms with Gasteiger partial charge in [-0.25, -0.2) is 0 Å². The minimum absolute atomic E-state index is 0.0224. The topological polar surface area (TPSA) is 154 Å². The Morgan fingerprint density at radius 2 is 1.41 bits per heavy atom. The van der Waals surface area contributed by atoms with Crippen molar-refractivity contribution >= 4 is 34.5 Å². The van der Waals surface area contributed by atoms with E-state index in [4.69, 9.17) is 14.2 Å². The van der Waals surface area contributed by atoms with E-state index in [0.29, 0.717) is 0 Å². The maximum absolute atomic E-state index is 13.7. The number of rotatable bonds is 7. The number of phenolic OH excluding ortho intramolecular Hbond substituents is 1. The van der Waals surface area contributed by atoms with Crippen LogP contribution < -0.4 is 4.74 Å². The minimum Gasteiger partial charge on any atom is -0.506 e. The average molecular weight is 508 g/mol. The number of carbonyl (C=O) groups excluding carboxylic acids is 5. The van der Waals surface area contributed by atoms with Crippen molar-refractivity contribution in [3.05, 3.63) is 75.0 Å². The fourth-order valence-corrected chi connectivity index (χ4v) is 4.04.